The van der Waals surface area contributed by atoms with Crippen molar-refractivity contribution in [3.05, 3.63) is 35.6 Å². The maximum absolute atomic E-state index is 12.8. The molecule has 1 aromatic rings. The van der Waals surface area contributed by atoms with E-state index in [0.29, 0.717) is 11.8 Å². The topological polar surface area (TPSA) is 29.1 Å². The van der Waals surface area contributed by atoms with Crippen molar-refractivity contribution in [1.29, 1.82) is 0 Å². The monoisotopic (exact) mass is 285 g/mol. The minimum Gasteiger partial charge on any atom is -0.313 e. The lowest BCUT2D eigenvalue weighted by atomic mass is 10.1. The second-order valence-electron chi connectivity index (χ2n) is 5.85. The molecular formula is C15H24FNOS. The average Bonchev–Trinajstić information content (AvgIpc) is 2.31. The zero-order chi connectivity index (χ0) is 14.5. The van der Waals surface area contributed by atoms with E-state index in [4.69, 9.17) is 0 Å². The van der Waals surface area contributed by atoms with Gasteiger partial charge in [0.1, 0.15) is 5.82 Å². The van der Waals surface area contributed by atoms with Crippen LogP contribution in [-0.2, 0) is 17.2 Å². The Morgan fingerprint density at radius 2 is 1.84 bits per heavy atom. The number of hydrogen-bond donors (Lipinski definition) is 1. The Hall–Kier alpha value is -0.740. The summed E-state index contributed by atoms with van der Waals surface area (Å²) in [6.45, 7) is 8.80. The molecule has 0 fully saturated rings. The number of benzene rings is 1. The van der Waals surface area contributed by atoms with Gasteiger partial charge in [-0.3, -0.25) is 4.21 Å². The standard InChI is InChI=1S/C15H24FNOS/c1-12(11-13-5-7-14(16)8-6-13)17-9-10-19(18)15(2,3)4/h5-8,12,17H,9-11H2,1-4H3/t12-,19+/m1/s1. The van der Waals surface area contributed by atoms with Gasteiger partial charge >= 0.3 is 0 Å². The molecular weight excluding hydrogens is 261 g/mol. The summed E-state index contributed by atoms with van der Waals surface area (Å²) in [5.41, 5.74) is 1.11. The quantitative estimate of drug-likeness (QED) is 0.871. The van der Waals surface area contributed by atoms with E-state index in [2.05, 4.69) is 12.2 Å². The van der Waals surface area contributed by atoms with Gasteiger partial charge in [-0.15, -0.1) is 0 Å². The molecule has 0 spiro atoms. The van der Waals surface area contributed by atoms with Crippen LogP contribution in [-0.4, -0.2) is 27.3 Å². The smallest absolute Gasteiger partial charge is 0.123 e. The van der Waals surface area contributed by atoms with Crippen molar-refractivity contribution in [3.63, 3.8) is 0 Å². The maximum atomic E-state index is 12.8. The van der Waals surface area contributed by atoms with E-state index in [1.54, 1.807) is 12.1 Å². The SMILES string of the molecule is C[C@H](Cc1ccc(F)cc1)NCC[S@](=O)C(C)(C)C. The molecule has 4 heteroatoms. The summed E-state index contributed by atoms with van der Waals surface area (Å²) in [6, 6.07) is 6.87. The molecule has 0 aliphatic heterocycles. The molecule has 1 N–H and O–H groups in total. The van der Waals surface area contributed by atoms with Gasteiger partial charge in [0.05, 0.1) is 0 Å². The molecule has 2 nitrogen and oxygen atoms in total. The molecule has 108 valence electrons. The van der Waals surface area contributed by atoms with Gasteiger partial charge in [0, 0.05) is 33.9 Å². The second kappa shape index (κ2) is 7.15. The third-order valence-corrected chi connectivity index (χ3v) is 4.86. The number of halogens is 1. The first-order valence-electron chi connectivity index (χ1n) is 6.65. The Balaban J connectivity index is 2.30. The third-order valence-electron chi connectivity index (χ3n) is 2.92. The van der Waals surface area contributed by atoms with Gasteiger partial charge < -0.3 is 5.32 Å². The summed E-state index contributed by atoms with van der Waals surface area (Å²) in [6.07, 6.45) is 0.850. The minimum absolute atomic E-state index is 0.151. The minimum atomic E-state index is -0.815. The van der Waals surface area contributed by atoms with Crippen LogP contribution in [0.4, 0.5) is 4.39 Å². The number of rotatable bonds is 6. The summed E-state index contributed by atoms with van der Waals surface area (Å²) in [5.74, 6) is 0.460. The zero-order valence-corrected chi connectivity index (χ0v) is 13.0. The van der Waals surface area contributed by atoms with Crippen molar-refractivity contribution in [3.8, 4) is 0 Å². The van der Waals surface area contributed by atoms with Crippen molar-refractivity contribution in [2.75, 3.05) is 12.3 Å². The molecule has 0 heterocycles. The van der Waals surface area contributed by atoms with Crippen LogP contribution in [0.2, 0.25) is 0 Å². The van der Waals surface area contributed by atoms with Gasteiger partial charge in [-0.25, -0.2) is 4.39 Å². The van der Waals surface area contributed by atoms with Crippen LogP contribution in [0.25, 0.3) is 0 Å². The van der Waals surface area contributed by atoms with Crippen molar-refractivity contribution in [1.82, 2.24) is 5.32 Å². The van der Waals surface area contributed by atoms with E-state index in [9.17, 15) is 8.60 Å². The van der Waals surface area contributed by atoms with Crippen LogP contribution in [0.3, 0.4) is 0 Å². The maximum Gasteiger partial charge on any atom is 0.123 e. The van der Waals surface area contributed by atoms with E-state index in [1.807, 2.05) is 20.8 Å². The average molecular weight is 285 g/mol. The van der Waals surface area contributed by atoms with E-state index >= 15 is 0 Å². The van der Waals surface area contributed by atoms with Crippen LogP contribution < -0.4 is 5.32 Å². The predicted molar refractivity (Wildman–Crippen MR) is 80.3 cm³/mol. The van der Waals surface area contributed by atoms with Crippen LogP contribution in [0, 0.1) is 5.82 Å². The lowest BCUT2D eigenvalue weighted by Gasteiger charge is -2.19. The lowest BCUT2D eigenvalue weighted by molar-refractivity contribution is 0.561. The fourth-order valence-electron chi connectivity index (χ4n) is 1.75. The Bertz CT molecular complexity index is 411. The molecule has 0 aliphatic carbocycles. The fraction of sp³-hybridized carbons (Fsp3) is 0.600. The molecule has 0 radical (unpaired) electrons. The summed E-state index contributed by atoms with van der Waals surface area (Å²) in [5, 5.41) is 3.36. The van der Waals surface area contributed by atoms with Crippen molar-refractivity contribution >= 4 is 10.8 Å². The van der Waals surface area contributed by atoms with Crippen molar-refractivity contribution in [2.24, 2.45) is 0 Å². The van der Waals surface area contributed by atoms with Gasteiger partial charge in [0.15, 0.2) is 0 Å². The van der Waals surface area contributed by atoms with Crippen LogP contribution in [0.5, 0.6) is 0 Å². The van der Waals surface area contributed by atoms with Gasteiger partial charge in [0.25, 0.3) is 0 Å². The third kappa shape index (κ3) is 6.30. The Kier molecular flexibility index (Phi) is 6.14. The first-order chi connectivity index (χ1) is 8.79. The van der Waals surface area contributed by atoms with Gasteiger partial charge in [0.2, 0.25) is 0 Å². The highest BCUT2D eigenvalue weighted by Crippen LogP contribution is 2.10. The molecule has 19 heavy (non-hydrogen) atoms. The van der Waals surface area contributed by atoms with Gasteiger partial charge in [-0.2, -0.15) is 0 Å². The summed E-state index contributed by atoms with van der Waals surface area (Å²) in [4.78, 5) is 0. The van der Waals surface area contributed by atoms with E-state index < -0.39 is 10.8 Å². The summed E-state index contributed by atoms with van der Waals surface area (Å²) in [7, 11) is -0.815. The van der Waals surface area contributed by atoms with Gasteiger partial charge in [-0.1, -0.05) is 12.1 Å². The molecule has 1 rings (SSSR count). The second-order valence-corrected chi connectivity index (χ2v) is 8.17. The largest absolute Gasteiger partial charge is 0.313 e. The molecule has 0 unspecified atom stereocenters. The molecule has 0 saturated carbocycles. The normalized spacial score (nSPS) is 15.2. The molecule has 2 atom stereocenters. The summed E-state index contributed by atoms with van der Waals surface area (Å²) < 4.78 is 24.5. The highest BCUT2D eigenvalue weighted by Gasteiger charge is 2.18. The van der Waals surface area contributed by atoms with Crippen molar-refractivity contribution in [2.45, 2.75) is 44.9 Å². The molecule has 0 bridgehead atoms. The molecule has 0 saturated heterocycles. The first-order valence-corrected chi connectivity index (χ1v) is 7.97. The molecule has 0 amide bonds. The number of hydrogen-bond acceptors (Lipinski definition) is 2. The van der Waals surface area contributed by atoms with E-state index in [1.165, 1.54) is 12.1 Å². The Labute approximate surface area is 118 Å². The first kappa shape index (κ1) is 16.3. The van der Waals surface area contributed by atoms with Crippen molar-refractivity contribution < 1.29 is 8.60 Å². The predicted octanol–water partition coefficient (Wildman–Crippen LogP) is 2.89. The summed E-state index contributed by atoms with van der Waals surface area (Å²) >= 11 is 0. The highest BCUT2D eigenvalue weighted by atomic mass is 32.2. The Morgan fingerprint density at radius 3 is 2.37 bits per heavy atom. The van der Waals surface area contributed by atoms with E-state index in [-0.39, 0.29) is 10.6 Å². The van der Waals surface area contributed by atoms with Crippen LogP contribution >= 0.6 is 0 Å². The van der Waals surface area contributed by atoms with Crippen LogP contribution in [0.15, 0.2) is 24.3 Å². The highest BCUT2D eigenvalue weighted by molar-refractivity contribution is 7.86. The molecule has 1 aromatic carbocycles. The number of nitrogens with one attached hydrogen (secondary N) is 1. The van der Waals surface area contributed by atoms with E-state index in [0.717, 1.165) is 18.5 Å². The van der Waals surface area contributed by atoms with Crippen LogP contribution in [0.1, 0.15) is 33.3 Å². The lowest BCUT2D eigenvalue weighted by Crippen LogP contribution is -2.34. The fourth-order valence-corrected chi connectivity index (χ4v) is 2.67. The Morgan fingerprint density at radius 1 is 1.26 bits per heavy atom. The zero-order valence-electron chi connectivity index (χ0n) is 12.2. The molecule has 0 aromatic heterocycles. The molecule has 0 aliphatic rings. The van der Waals surface area contributed by atoms with Gasteiger partial charge in [-0.05, 0) is 51.8 Å².